The van der Waals surface area contributed by atoms with E-state index < -0.39 is 18.5 Å². The summed E-state index contributed by atoms with van der Waals surface area (Å²) in [5.74, 6) is 1.56. The summed E-state index contributed by atoms with van der Waals surface area (Å²) in [5, 5.41) is 8.00. The zero-order valence-electron chi connectivity index (χ0n) is 14.4. The van der Waals surface area contributed by atoms with Gasteiger partial charge in [-0.1, -0.05) is 5.16 Å². The quantitative estimate of drug-likeness (QED) is 0.776. The molecule has 1 aliphatic heterocycles. The van der Waals surface area contributed by atoms with Crippen LogP contribution in [0.3, 0.4) is 0 Å². The van der Waals surface area contributed by atoms with Crippen molar-refractivity contribution in [2.75, 3.05) is 31.1 Å². The largest absolute Gasteiger partial charge is 0.368 e. The van der Waals surface area contributed by atoms with E-state index in [1.807, 2.05) is 0 Å². The minimum Gasteiger partial charge on any atom is -0.368 e. The molecule has 0 amide bonds. The zero-order chi connectivity index (χ0) is 18.1. The molecule has 0 bridgehead atoms. The summed E-state index contributed by atoms with van der Waals surface area (Å²) in [6.45, 7) is 3.21. The number of hydrogen-bond acceptors (Lipinski definition) is 6. The van der Waals surface area contributed by atoms with Crippen molar-refractivity contribution >= 4 is 5.69 Å². The smallest absolute Gasteiger partial charge is 0.269 e. The van der Waals surface area contributed by atoms with Gasteiger partial charge in [0.25, 0.3) is 12.0 Å². The molecular weight excluding hydrogens is 344 g/mol. The summed E-state index contributed by atoms with van der Waals surface area (Å²) in [5.41, 5.74) is 1.13. The summed E-state index contributed by atoms with van der Waals surface area (Å²) in [6.07, 6.45) is 1.28. The first-order valence-electron chi connectivity index (χ1n) is 8.86. The van der Waals surface area contributed by atoms with E-state index in [1.54, 1.807) is 0 Å². The van der Waals surface area contributed by atoms with Crippen LogP contribution in [0.2, 0.25) is 0 Å². The van der Waals surface area contributed by atoms with Gasteiger partial charge in [-0.2, -0.15) is 5.10 Å². The molecule has 0 radical (unpaired) electrons. The molecule has 140 valence electrons. The van der Waals surface area contributed by atoms with E-state index in [0.29, 0.717) is 11.6 Å². The van der Waals surface area contributed by atoms with Crippen LogP contribution in [0.1, 0.15) is 30.2 Å². The second-order valence-corrected chi connectivity index (χ2v) is 6.88. The Kier molecular flexibility index (Phi) is 4.71. The summed E-state index contributed by atoms with van der Waals surface area (Å²) in [7, 11) is 0. The molecule has 0 unspecified atom stereocenters. The van der Waals surface area contributed by atoms with Crippen LogP contribution >= 0.6 is 0 Å². The van der Waals surface area contributed by atoms with Gasteiger partial charge in [-0.25, -0.2) is 13.5 Å². The van der Waals surface area contributed by atoms with Crippen molar-refractivity contribution in [3.63, 3.8) is 0 Å². The van der Waals surface area contributed by atoms with Crippen LogP contribution in [0.4, 0.5) is 14.5 Å². The lowest BCUT2D eigenvalue weighted by Gasteiger charge is -2.35. The summed E-state index contributed by atoms with van der Waals surface area (Å²) >= 11 is 0. The van der Waals surface area contributed by atoms with Gasteiger partial charge in [0.2, 0.25) is 0 Å². The Morgan fingerprint density at radius 3 is 2.62 bits per heavy atom. The van der Waals surface area contributed by atoms with Crippen LogP contribution in [0.25, 0.3) is 0 Å². The third-order valence-corrected chi connectivity index (χ3v) is 4.85. The topological polar surface area (TPSA) is 67.4 Å². The number of halogens is 2. The molecule has 0 spiro atoms. The SMILES string of the molecule is O=c1cc(N2CCN(Cc3cc(C4CC4)on3)CC2)cnn1CC(F)F. The lowest BCUT2D eigenvalue weighted by molar-refractivity contribution is 0.119. The minimum atomic E-state index is -2.59. The van der Waals surface area contributed by atoms with Gasteiger partial charge in [-0.15, -0.1) is 0 Å². The van der Waals surface area contributed by atoms with Gasteiger partial charge in [0, 0.05) is 50.8 Å². The molecule has 26 heavy (non-hydrogen) atoms. The highest BCUT2D eigenvalue weighted by molar-refractivity contribution is 5.43. The predicted octanol–water partition coefficient (Wildman–Crippen LogP) is 1.70. The van der Waals surface area contributed by atoms with E-state index in [1.165, 1.54) is 25.1 Å². The summed E-state index contributed by atoms with van der Waals surface area (Å²) in [4.78, 5) is 16.2. The Morgan fingerprint density at radius 1 is 1.19 bits per heavy atom. The van der Waals surface area contributed by atoms with E-state index in [2.05, 4.69) is 26.1 Å². The molecule has 0 aromatic carbocycles. The van der Waals surface area contributed by atoms with Crippen LogP contribution in [0.15, 0.2) is 27.6 Å². The van der Waals surface area contributed by atoms with Crippen molar-refractivity contribution in [2.45, 2.75) is 38.3 Å². The van der Waals surface area contributed by atoms with Gasteiger partial charge in [0.1, 0.15) is 12.3 Å². The second kappa shape index (κ2) is 7.14. The highest BCUT2D eigenvalue weighted by Gasteiger charge is 2.28. The molecule has 4 rings (SSSR count). The van der Waals surface area contributed by atoms with Crippen molar-refractivity contribution in [3.05, 3.63) is 40.1 Å². The van der Waals surface area contributed by atoms with E-state index in [9.17, 15) is 13.6 Å². The Morgan fingerprint density at radius 2 is 1.96 bits per heavy atom. The van der Waals surface area contributed by atoms with Gasteiger partial charge < -0.3 is 9.42 Å². The first-order chi connectivity index (χ1) is 12.6. The minimum absolute atomic E-state index is 0.500. The van der Waals surface area contributed by atoms with Crippen LogP contribution in [0, 0.1) is 0 Å². The number of alkyl halides is 2. The van der Waals surface area contributed by atoms with Crippen LogP contribution < -0.4 is 10.5 Å². The summed E-state index contributed by atoms with van der Waals surface area (Å²) < 4.78 is 31.0. The van der Waals surface area contributed by atoms with Crippen molar-refractivity contribution in [1.82, 2.24) is 19.8 Å². The highest BCUT2D eigenvalue weighted by Crippen LogP contribution is 2.40. The van der Waals surface area contributed by atoms with Gasteiger partial charge in [0.05, 0.1) is 17.6 Å². The Balaban J connectivity index is 1.32. The number of nitrogens with zero attached hydrogens (tertiary/aromatic N) is 5. The first-order valence-corrected chi connectivity index (χ1v) is 8.86. The molecule has 0 atom stereocenters. The van der Waals surface area contributed by atoms with Gasteiger partial charge >= 0.3 is 0 Å². The van der Waals surface area contributed by atoms with E-state index >= 15 is 0 Å². The van der Waals surface area contributed by atoms with E-state index in [4.69, 9.17) is 4.52 Å². The number of anilines is 1. The normalized spacial score (nSPS) is 18.7. The van der Waals surface area contributed by atoms with Gasteiger partial charge in [-0.05, 0) is 12.8 Å². The second-order valence-electron chi connectivity index (χ2n) is 6.88. The van der Waals surface area contributed by atoms with Crippen molar-refractivity contribution in [3.8, 4) is 0 Å². The van der Waals surface area contributed by atoms with Crippen molar-refractivity contribution < 1.29 is 13.3 Å². The molecule has 9 heteroatoms. The molecular formula is C17H21F2N5O2. The fraction of sp³-hybridized carbons (Fsp3) is 0.588. The molecule has 7 nitrogen and oxygen atoms in total. The number of piperazine rings is 1. The number of aromatic nitrogens is 3. The Hall–Kier alpha value is -2.29. The molecule has 0 N–H and O–H groups in total. The highest BCUT2D eigenvalue weighted by atomic mass is 19.3. The lowest BCUT2D eigenvalue weighted by Crippen LogP contribution is -2.46. The van der Waals surface area contributed by atoms with Crippen LogP contribution in [-0.2, 0) is 13.1 Å². The van der Waals surface area contributed by atoms with Crippen LogP contribution in [-0.4, -0.2) is 52.4 Å². The van der Waals surface area contributed by atoms with Crippen LogP contribution in [0.5, 0.6) is 0 Å². The molecule has 2 aromatic heterocycles. The molecule has 1 saturated heterocycles. The van der Waals surface area contributed by atoms with E-state index in [0.717, 1.165) is 48.9 Å². The van der Waals surface area contributed by atoms with Gasteiger partial charge in [0.15, 0.2) is 0 Å². The van der Waals surface area contributed by atoms with Crippen molar-refractivity contribution in [1.29, 1.82) is 0 Å². The maximum atomic E-state index is 12.4. The molecule has 2 aliphatic rings. The molecule has 2 aromatic rings. The fourth-order valence-corrected chi connectivity index (χ4v) is 3.22. The average molecular weight is 365 g/mol. The van der Waals surface area contributed by atoms with Gasteiger partial charge in [-0.3, -0.25) is 9.69 Å². The van der Waals surface area contributed by atoms with E-state index in [-0.39, 0.29) is 0 Å². The standard InChI is InChI=1S/C17H21F2N5O2/c18-16(19)11-24-17(25)8-14(9-20-24)23-5-3-22(4-6-23)10-13-7-15(26-21-13)12-1-2-12/h7-9,12,16H,1-6,10-11H2. The molecule has 3 heterocycles. The zero-order valence-corrected chi connectivity index (χ0v) is 14.4. The Bertz CT molecular complexity index is 809. The maximum Gasteiger partial charge on any atom is 0.269 e. The third-order valence-electron chi connectivity index (χ3n) is 4.85. The Labute approximate surface area is 149 Å². The first kappa shape index (κ1) is 17.1. The summed E-state index contributed by atoms with van der Waals surface area (Å²) in [6, 6.07) is 3.43. The average Bonchev–Trinajstić information content (AvgIpc) is 3.37. The molecule has 1 aliphatic carbocycles. The predicted molar refractivity (Wildman–Crippen MR) is 90.5 cm³/mol. The molecule has 1 saturated carbocycles. The third kappa shape index (κ3) is 3.92. The van der Waals surface area contributed by atoms with Crippen molar-refractivity contribution in [2.24, 2.45) is 0 Å². The fourth-order valence-electron chi connectivity index (χ4n) is 3.22. The number of hydrogen-bond donors (Lipinski definition) is 0. The molecule has 2 fully saturated rings. The lowest BCUT2D eigenvalue weighted by atomic mass is 10.2. The monoisotopic (exact) mass is 365 g/mol. The number of rotatable bonds is 6. The maximum absolute atomic E-state index is 12.4.